The van der Waals surface area contributed by atoms with Gasteiger partial charge in [-0.1, -0.05) is 0 Å². The predicted octanol–water partition coefficient (Wildman–Crippen LogP) is -1.34. The summed E-state index contributed by atoms with van der Waals surface area (Å²) < 4.78 is 0. The second kappa shape index (κ2) is 3.54. The monoisotopic (exact) mass is 145 g/mol. The first-order valence-electron chi connectivity index (χ1n) is 2.64. The largest absolute Gasteiger partial charge is 0.369 e. The van der Waals surface area contributed by atoms with Gasteiger partial charge in [0.05, 0.1) is 0 Å². The highest BCUT2D eigenvalue weighted by Gasteiger charge is 2.03. The van der Waals surface area contributed by atoms with E-state index in [2.05, 4.69) is 10.7 Å². The predicted molar refractivity (Wildman–Crippen MR) is 37.3 cm³/mol. The molecule has 2 amide bonds. The molecule has 10 heavy (non-hydrogen) atoms. The summed E-state index contributed by atoms with van der Waals surface area (Å²) in [6, 6.07) is -0.352. The van der Waals surface area contributed by atoms with Crippen molar-refractivity contribution in [1.82, 2.24) is 15.8 Å². The van der Waals surface area contributed by atoms with Crippen molar-refractivity contribution in [3.8, 4) is 0 Å². The number of hydrogen-bond donors (Lipinski definition) is 4. The molecule has 58 valence electrons. The summed E-state index contributed by atoms with van der Waals surface area (Å²) in [4.78, 5) is 10.6. The molecule has 0 saturated carbocycles. The molecule has 6 heteroatoms. The fraction of sp³-hybridized carbons (Fsp3) is 0.500. The third kappa shape index (κ3) is 2.75. The summed E-state index contributed by atoms with van der Waals surface area (Å²) in [6.07, 6.45) is 0. The quantitative estimate of drug-likeness (QED) is 0.193. The normalized spacial score (nSPS) is 8.20. The summed E-state index contributed by atoms with van der Waals surface area (Å²) in [6.45, 7) is 0. The van der Waals surface area contributed by atoms with Crippen molar-refractivity contribution in [2.45, 2.75) is 0 Å². The van der Waals surface area contributed by atoms with Crippen LogP contribution in [-0.4, -0.2) is 31.1 Å². The van der Waals surface area contributed by atoms with Crippen LogP contribution in [0.2, 0.25) is 0 Å². The number of guanidine groups is 1. The van der Waals surface area contributed by atoms with Gasteiger partial charge in [0.1, 0.15) is 0 Å². The van der Waals surface area contributed by atoms with Gasteiger partial charge in [0.15, 0.2) is 0 Å². The molecule has 0 aromatic heterocycles. The van der Waals surface area contributed by atoms with Crippen molar-refractivity contribution in [2.24, 2.45) is 5.73 Å². The molecule has 0 bridgehead atoms. The minimum atomic E-state index is -0.352. The fourth-order valence-corrected chi connectivity index (χ4v) is 0.399. The summed E-state index contributed by atoms with van der Waals surface area (Å²) >= 11 is 0. The molecular weight excluding hydrogens is 134 g/mol. The maximum atomic E-state index is 10.6. The molecule has 0 spiro atoms. The Labute approximate surface area is 58.9 Å². The Bertz CT molecular complexity index is 145. The fourth-order valence-electron chi connectivity index (χ4n) is 0.399. The first-order chi connectivity index (χ1) is 4.57. The molecule has 0 radical (unpaired) electrons. The molecule has 5 N–H and O–H groups in total. The van der Waals surface area contributed by atoms with E-state index in [0.717, 1.165) is 5.01 Å². The van der Waals surface area contributed by atoms with E-state index in [4.69, 9.17) is 11.1 Å². The molecule has 0 saturated heterocycles. The van der Waals surface area contributed by atoms with Gasteiger partial charge in [0, 0.05) is 14.1 Å². The first-order valence-corrected chi connectivity index (χ1v) is 2.64. The van der Waals surface area contributed by atoms with Crippen LogP contribution in [-0.2, 0) is 0 Å². The second-order valence-electron chi connectivity index (χ2n) is 1.64. The van der Waals surface area contributed by atoms with Crippen LogP contribution >= 0.6 is 0 Å². The lowest BCUT2D eigenvalue weighted by atomic mass is 10.9. The van der Waals surface area contributed by atoms with E-state index in [-0.39, 0.29) is 12.0 Å². The molecule has 0 aliphatic heterocycles. The lowest BCUT2D eigenvalue weighted by molar-refractivity contribution is 0.202. The highest BCUT2D eigenvalue weighted by Crippen LogP contribution is 1.73. The average Bonchev–Trinajstić information content (AvgIpc) is 1.85. The topological polar surface area (TPSA) is 94.2 Å². The van der Waals surface area contributed by atoms with Crippen LogP contribution in [0.25, 0.3) is 0 Å². The standard InChI is InChI=1S/C4H11N5O/c1-7-4(10)9(2)8-3(5)6/h1-2H3,(H,7,10)(H4,5,6,8). The average molecular weight is 145 g/mol. The number of rotatable bonds is 0. The van der Waals surface area contributed by atoms with Gasteiger partial charge in [-0.3, -0.25) is 10.8 Å². The number of amides is 2. The second-order valence-corrected chi connectivity index (χ2v) is 1.64. The summed E-state index contributed by atoms with van der Waals surface area (Å²) in [7, 11) is 2.95. The number of nitrogens with one attached hydrogen (secondary N) is 3. The van der Waals surface area contributed by atoms with Gasteiger partial charge in [0.25, 0.3) is 0 Å². The van der Waals surface area contributed by atoms with Crippen molar-refractivity contribution >= 4 is 12.0 Å². The van der Waals surface area contributed by atoms with Crippen LogP contribution in [0.1, 0.15) is 0 Å². The van der Waals surface area contributed by atoms with Gasteiger partial charge >= 0.3 is 6.03 Å². The molecule has 0 aromatic rings. The van der Waals surface area contributed by atoms with E-state index in [9.17, 15) is 4.79 Å². The highest BCUT2D eigenvalue weighted by molar-refractivity contribution is 5.79. The molecule has 0 rings (SSSR count). The van der Waals surface area contributed by atoms with E-state index >= 15 is 0 Å². The van der Waals surface area contributed by atoms with Gasteiger partial charge in [-0.15, -0.1) is 0 Å². The number of hydrogen-bond acceptors (Lipinski definition) is 2. The van der Waals surface area contributed by atoms with Crippen LogP contribution in [0.4, 0.5) is 4.79 Å². The van der Waals surface area contributed by atoms with Crippen LogP contribution in [0.5, 0.6) is 0 Å². The van der Waals surface area contributed by atoms with Crippen molar-refractivity contribution in [1.29, 1.82) is 5.41 Å². The molecule has 0 unspecified atom stereocenters. The molecule has 0 atom stereocenters. The Morgan fingerprint density at radius 3 is 2.50 bits per heavy atom. The van der Waals surface area contributed by atoms with Crippen LogP contribution in [0.3, 0.4) is 0 Å². The molecule has 0 aliphatic rings. The number of urea groups is 1. The SMILES string of the molecule is CNC(=O)N(C)NC(=N)N. The smallest absolute Gasteiger partial charge is 0.335 e. The Balaban J connectivity index is 3.72. The van der Waals surface area contributed by atoms with E-state index in [0.29, 0.717) is 0 Å². The number of carbonyl (C=O) groups is 1. The third-order valence-electron chi connectivity index (χ3n) is 0.807. The maximum absolute atomic E-state index is 10.6. The number of hydrazine groups is 1. The van der Waals surface area contributed by atoms with E-state index in [1.807, 2.05) is 0 Å². The van der Waals surface area contributed by atoms with E-state index < -0.39 is 0 Å². The lowest BCUT2D eigenvalue weighted by Crippen LogP contribution is -2.49. The Morgan fingerprint density at radius 1 is 1.70 bits per heavy atom. The van der Waals surface area contributed by atoms with Crippen molar-refractivity contribution < 1.29 is 4.79 Å². The zero-order valence-corrected chi connectivity index (χ0v) is 5.93. The maximum Gasteiger partial charge on any atom is 0.335 e. The lowest BCUT2D eigenvalue weighted by Gasteiger charge is -2.16. The molecule has 0 fully saturated rings. The Kier molecular flexibility index (Phi) is 3.03. The molecular formula is C4H11N5O. The van der Waals surface area contributed by atoms with Gasteiger partial charge < -0.3 is 11.1 Å². The molecule has 0 aliphatic carbocycles. The van der Waals surface area contributed by atoms with Gasteiger partial charge in [-0.05, 0) is 0 Å². The van der Waals surface area contributed by atoms with Gasteiger partial charge in [0.2, 0.25) is 5.96 Å². The summed E-state index contributed by atoms with van der Waals surface area (Å²) in [5.74, 6) is -0.272. The summed E-state index contributed by atoms with van der Waals surface area (Å²) in [5, 5.41) is 10.2. The summed E-state index contributed by atoms with van der Waals surface area (Å²) in [5.41, 5.74) is 7.21. The van der Waals surface area contributed by atoms with Crippen molar-refractivity contribution in [3.05, 3.63) is 0 Å². The zero-order valence-electron chi connectivity index (χ0n) is 5.93. The number of nitrogens with two attached hydrogens (primary N) is 1. The first kappa shape index (κ1) is 8.54. The third-order valence-corrected chi connectivity index (χ3v) is 0.807. The Morgan fingerprint density at radius 2 is 2.20 bits per heavy atom. The van der Waals surface area contributed by atoms with Gasteiger partial charge in [-0.2, -0.15) is 0 Å². The van der Waals surface area contributed by atoms with Crippen molar-refractivity contribution in [3.63, 3.8) is 0 Å². The Hall–Kier alpha value is -1.46. The number of nitrogens with zero attached hydrogens (tertiary/aromatic N) is 1. The van der Waals surface area contributed by atoms with Crippen LogP contribution in [0, 0.1) is 5.41 Å². The van der Waals surface area contributed by atoms with Crippen LogP contribution in [0.15, 0.2) is 0 Å². The molecule has 0 heterocycles. The molecule has 6 nitrogen and oxygen atoms in total. The van der Waals surface area contributed by atoms with Crippen LogP contribution < -0.4 is 16.5 Å². The highest BCUT2D eigenvalue weighted by atomic mass is 16.2. The van der Waals surface area contributed by atoms with Gasteiger partial charge in [-0.25, -0.2) is 9.80 Å². The minimum Gasteiger partial charge on any atom is -0.369 e. The minimum absolute atomic E-state index is 0.272. The van der Waals surface area contributed by atoms with E-state index in [1.54, 1.807) is 0 Å². The van der Waals surface area contributed by atoms with E-state index in [1.165, 1.54) is 14.1 Å². The number of carbonyl (C=O) groups excluding carboxylic acids is 1. The zero-order chi connectivity index (χ0) is 8.15. The van der Waals surface area contributed by atoms with Crippen molar-refractivity contribution in [2.75, 3.05) is 14.1 Å². The molecule has 0 aromatic carbocycles.